The van der Waals surface area contributed by atoms with Crippen LogP contribution in [-0.4, -0.2) is 0 Å². The SMILES string of the molecule is Cc1c(C(C)(C)C)cc(C2CC(C)(C)CC(C)(C)C2)c2ccccc12. The van der Waals surface area contributed by atoms with E-state index in [4.69, 9.17) is 0 Å². The van der Waals surface area contributed by atoms with Crippen molar-refractivity contribution < 1.29 is 0 Å². The minimum atomic E-state index is 0.183. The fourth-order valence-electron chi connectivity index (χ4n) is 5.73. The maximum Gasteiger partial charge on any atom is -0.0129 e. The van der Waals surface area contributed by atoms with Gasteiger partial charge in [-0.3, -0.25) is 0 Å². The third-order valence-corrected chi connectivity index (χ3v) is 6.15. The molecule has 0 nitrogen and oxygen atoms in total. The molecule has 0 atom stereocenters. The van der Waals surface area contributed by atoms with Crippen molar-refractivity contribution in [3.05, 3.63) is 47.0 Å². The average molecular weight is 337 g/mol. The fraction of sp³-hybridized carbons (Fsp3) is 0.600. The van der Waals surface area contributed by atoms with Crippen LogP contribution in [0.3, 0.4) is 0 Å². The molecule has 0 bridgehead atoms. The van der Waals surface area contributed by atoms with E-state index in [0.29, 0.717) is 16.7 Å². The van der Waals surface area contributed by atoms with Crippen molar-refractivity contribution in [1.29, 1.82) is 0 Å². The summed E-state index contributed by atoms with van der Waals surface area (Å²) >= 11 is 0. The second kappa shape index (κ2) is 5.86. The van der Waals surface area contributed by atoms with E-state index >= 15 is 0 Å². The predicted octanol–water partition coefficient (Wildman–Crippen LogP) is 7.77. The molecule has 25 heavy (non-hydrogen) atoms. The monoisotopic (exact) mass is 336 g/mol. The molecule has 3 rings (SSSR count). The smallest absolute Gasteiger partial charge is 0.0129 e. The molecule has 0 spiro atoms. The summed E-state index contributed by atoms with van der Waals surface area (Å²) in [5.41, 5.74) is 5.58. The van der Waals surface area contributed by atoms with Gasteiger partial charge in [-0.1, -0.05) is 78.8 Å². The zero-order valence-electron chi connectivity index (χ0n) is 17.6. The van der Waals surface area contributed by atoms with Crippen LogP contribution in [0.2, 0.25) is 0 Å². The molecule has 2 aromatic carbocycles. The van der Waals surface area contributed by atoms with E-state index in [1.54, 1.807) is 5.56 Å². The van der Waals surface area contributed by atoms with E-state index in [1.807, 2.05) is 0 Å². The van der Waals surface area contributed by atoms with Crippen LogP contribution in [-0.2, 0) is 5.41 Å². The zero-order valence-corrected chi connectivity index (χ0v) is 17.6. The Morgan fingerprint density at radius 1 is 0.880 bits per heavy atom. The maximum absolute atomic E-state index is 2.56. The molecule has 1 aliphatic rings. The Labute approximate surface area is 155 Å². The second-order valence-electron chi connectivity index (χ2n) is 11.0. The largest absolute Gasteiger partial charge is 0.0616 e. The van der Waals surface area contributed by atoms with Crippen LogP contribution < -0.4 is 0 Å². The van der Waals surface area contributed by atoms with Crippen molar-refractivity contribution in [2.75, 3.05) is 0 Å². The van der Waals surface area contributed by atoms with Gasteiger partial charge in [-0.2, -0.15) is 0 Å². The Bertz CT molecular complexity index is 768. The van der Waals surface area contributed by atoms with Gasteiger partial charge in [-0.05, 0) is 75.8 Å². The highest BCUT2D eigenvalue weighted by atomic mass is 14.4. The predicted molar refractivity (Wildman–Crippen MR) is 112 cm³/mol. The number of hydrogen-bond acceptors (Lipinski definition) is 0. The highest BCUT2D eigenvalue weighted by molar-refractivity contribution is 5.90. The van der Waals surface area contributed by atoms with Crippen LogP contribution in [0, 0.1) is 17.8 Å². The minimum Gasteiger partial charge on any atom is -0.0616 e. The summed E-state index contributed by atoms with van der Waals surface area (Å²) in [6, 6.07) is 11.6. The van der Waals surface area contributed by atoms with Gasteiger partial charge in [0.25, 0.3) is 0 Å². The topological polar surface area (TPSA) is 0 Å². The van der Waals surface area contributed by atoms with Crippen molar-refractivity contribution in [3.63, 3.8) is 0 Å². The lowest BCUT2D eigenvalue weighted by atomic mass is 9.59. The molecule has 0 unspecified atom stereocenters. The highest BCUT2D eigenvalue weighted by Crippen LogP contribution is 2.53. The van der Waals surface area contributed by atoms with Crippen molar-refractivity contribution in [2.24, 2.45) is 10.8 Å². The lowest BCUT2D eigenvalue weighted by Crippen LogP contribution is -2.33. The number of aryl methyl sites for hydroxylation is 1. The van der Waals surface area contributed by atoms with Crippen molar-refractivity contribution in [1.82, 2.24) is 0 Å². The van der Waals surface area contributed by atoms with Crippen molar-refractivity contribution in [2.45, 2.75) is 86.0 Å². The molecule has 0 N–H and O–H groups in total. The first-order chi connectivity index (χ1) is 11.4. The molecule has 2 aromatic rings. The number of hydrogen-bond donors (Lipinski definition) is 0. The molecule has 136 valence electrons. The summed E-state index contributed by atoms with van der Waals surface area (Å²) in [6.45, 7) is 19.2. The summed E-state index contributed by atoms with van der Waals surface area (Å²) in [6.07, 6.45) is 3.92. The lowest BCUT2D eigenvalue weighted by molar-refractivity contribution is 0.0973. The molecule has 0 saturated heterocycles. The molecule has 0 aliphatic heterocycles. The standard InChI is InChI=1S/C25H36/c1-17-19-11-9-10-12-20(19)21(13-22(17)23(2,3)4)18-14-24(5,6)16-25(7,8)15-18/h9-13,18H,14-16H2,1-8H3. The number of benzene rings is 2. The van der Waals surface area contributed by atoms with Crippen LogP contribution >= 0.6 is 0 Å². The Hall–Kier alpha value is -1.30. The summed E-state index contributed by atoms with van der Waals surface area (Å²) in [5.74, 6) is 0.658. The molecular formula is C25H36. The third-order valence-electron chi connectivity index (χ3n) is 6.15. The number of fused-ring (bicyclic) bond motifs is 1. The Morgan fingerprint density at radius 2 is 1.40 bits per heavy atom. The average Bonchev–Trinajstić information content (AvgIpc) is 2.43. The van der Waals surface area contributed by atoms with Gasteiger partial charge in [-0.15, -0.1) is 0 Å². The molecule has 1 saturated carbocycles. The van der Waals surface area contributed by atoms with Gasteiger partial charge in [0.05, 0.1) is 0 Å². The molecular weight excluding hydrogens is 300 g/mol. The molecule has 0 radical (unpaired) electrons. The van der Waals surface area contributed by atoms with Gasteiger partial charge in [0.2, 0.25) is 0 Å². The van der Waals surface area contributed by atoms with Crippen LogP contribution in [0.5, 0.6) is 0 Å². The van der Waals surface area contributed by atoms with Crippen LogP contribution in [0.4, 0.5) is 0 Å². The Kier molecular flexibility index (Phi) is 4.34. The first-order valence-electron chi connectivity index (χ1n) is 9.92. The molecule has 0 amide bonds. The fourth-order valence-corrected chi connectivity index (χ4v) is 5.73. The van der Waals surface area contributed by atoms with E-state index in [2.05, 4.69) is 85.7 Å². The van der Waals surface area contributed by atoms with Crippen molar-refractivity contribution >= 4 is 10.8 Å². The van der Waals surface area contributed by atoms with Crippen LogP contribution in [0.1, 0.15) is 90.3 Å². The minimum absolute atomic E-state index is 0.183. The van der Waals surface area contributed by atoms with Gasteiger partial charge in [-0.25, -0.2) is 0 Å². The van der Waals surface area contributed by atoms with Gasteiger partial charge >= 0.3 is 0 Å². The number of rotatable bonds is 1. The van der Waals surface area contributed by atoms with E-state index in [-0.39, 0.29) is 5.41 Å². The molecule has 0 aromatic heterocycles. The summed E-state index contributed by atoms with van der Waals surface area (Å²) in [7, 11) is 0. The first-order valence-corrected chi connectivity index (χ1v) is 9.92. The van der Waals surface area contributed by atoms with Gasteiger partial charge < -0.3 is 0 Å². The van der Waals surface area contributed by atoms with E-state index in [9.17, 15) is 0 Å². The first kappa shape index (κ1) is 18.5. The van der Waals surface area contributed by atoms with E-state index in [1.165, 1.54) is 41.2 Å². The lowest BCUT2D eigenvalue weighted by Gasteiger charge is -2.45. The van der Waals surface area contributed by atoms with Crippen LogP contribution in [0.25, 0.3) is 10.8 Å². The second-order valence-corrected chi connectivity index (χ2v) is 11.0. The maximum atomic E-state index is 2.56. The third kappa shape index (κ3) is 3.64. The van der Waals surface area contributed by atoms with Crippen LogP contribution in [0.15, 0.2) is 30.3 Å². The normalized spacial score (nSPS) is 20.8. The molecule has 0 heterocycles. The van der Waals surface area contributed by atoms with Gasteiger partial charge in [0, 0.05) is 0 Å². The zero-order chi connectivity index (χ0) is 18.6. The Morgan fingerprint density at radius 3 is 1.92 bits per heavy atom. The molecule has 0 heteroatoms. The van der Waals surface area contributed by atoms with Crippen molar-refractivity contribution in [3.8, 4) is 0 Å². The molecule has 1 fully saturated rings. The van der Waals surface area contributed by atoms with E-state index < -0.39 is 0 Å². The van der Waals surface area contributed by atoms with Gasteiger partial charge in [0.15, 0.2) is 0 Å². The van der Waals surface area contributed by atoms with Gasteiger partial charge in [0.1, 0.15) is 0 Å². The Balaban J connectivity index is 2.23. The summed E-state index contributed by atoms with van der Waals surface area (Å²) < 4.78 is 0. The quantitative estimate of drug-likeness (QED) is 0.499. The van der Waals surface area contributed by atoms with E-state index in [0.717, 1.165) is 0 Å². The summed E-state index contributed by atoms with van der Waals surface area (Å²) in [4.78, 5) is 0. The summed E-state index contributed by atoms with van der Waals surface area (Å²) in [5, 5.41) is 2.93. The molecule has 1 aliphatic carbocycles. The highest BCUT2D eigenvalue weighted by Gasteiger charge is 2.39.